The van der Waals surface area contributed by atoms with E-state index in [1.165, 1.54) is 6.07 Å². The summed E-state index contributed by atoms with van der Waals surface area (Å²) in [6.07, 6.45) is 0.849. The Morgan fingerprint density at radius 1 is 1.40 bits per heavy atom. The van der Waals surface area contributed by atoms with Crippen molar-refractivity contribution in [3.63, 3.8) is 0 Å². The largest absolute Gasteiger partial charge is 0.265 e. The number of aryl methyl sites for hydroxylation is 1. The van der Waals surface area contributed by atoms with Crippen LogP contribution >= 0.6 is 27.5 Å². The molecule has 1 heterocycles. The quantitative estimate of drug-likeness (QED) is 0.691. The van der Waals surface area contributed by atoms with E-state index in [4.69, 9.17) is 11.6 Å². The Kier molecular flexibility index (Phi) is 4.86. The summed E-state index contributed by atoms with van der Waals surface area (Å²) in [5, 5.41) is 4.45. The first-order chi connectivity index (χ1) is 9.43. The van der Waals surface area contributed by atoms with E-state index in [2.05, 4.69) is 21.0 Å². The minimum atomic E-state index is -0.230. The van der Waals surface area contributed by atoms with Crippen LogP contribution in [0.5, 0.6) is 0 Å². The molecule has 0 bridgehead atoms. The molecule has 0 fully saturated rings. The van der Waals surface area contributed by atoms with Crippen molar-refractivity contribution < 1.29 is 4.39 Å². The molecule has 0 aliphatic carbocycles. The second-order valence-corrected chi connectivity index (χ2v) is 6.30. The summed E-state index contributed by atoms with van der Waals surface area (Å²) in [5.74, 6) is -0.230. The molecule has 5 heteroatoms. The molecule has 1 atom stereocenters. The zero-order chi connectivity index (χ0) is 14.9. The van der Waals surface area contributed by atoms with E-state index in [1.807, 2.05) is 31.5 Å². The summed E-state index contributed by atoms with van der Waals surface area (Å²) in [5.41, 5.74) is 3.60. The van der Waals surface area contributed by atoms with E-state index in [0.717, 1.165) is 27.8 Å². The molecule has 0 N–H and O–H groups in total. The number of benzene rings is 1. The SMILES string of the molecule is CCC(Cl)c1c(C)nn(Cc2ccc(Br)cc2F)c1C. The fourth-order valence-corrected chi connectivity index (χ4v) is 2.98. The highest BCUT2D eigenvalue weighted by molar-refractivity contribution is 9.10. The lowest BCUT2D eigenvalue weighted by Crippen LogP contribution is -2.06. The van der Waals surface area contributed by atoms with Gasteiger partial charge in [-0.25, -0.2) is 4.39 Å². The first kappa shape index (κ1) is 15.5. The summed E-state index contributed by atoms with van der Waals surface area (Å²) < 4.78 is 16.5. The molecule has 20 heavy (non-hydrogen) atoms. The summed E-state index contributed by atoms with van der Waals surface area (Å²) in [6, 6.07) is 5.08. The number of nitrogens with zero attached hydrogens (tertiary/aromatic N) is 2. The fourth-order valence-electron chi connectivity index (χ4n) is 2.33. The Balaban J connectivity index is 2.35. The van der Waals surface area contributed by atoms with Gasteiger partial charge in [0.1, 0.15) is 5.82 Å². The normalized spacial score (nSPS) is 12.7. The maximum atomic E-state index is 13.9. The van der Waals surface area contributed by atoms with Gasteiger partial charge in [0.05, 0.1) is 17.6 Å². The van der Waals surface area contributed by atoms with Crippen molar-refractivity contribution in [2.45, 2.75) is 39.1 Å². The Morgan fingerprint density at radius 2 is 2.10 bits per heavy atom. The Morgan fingerprint density at radius 3 is 2.70 bits per heavy atom. The molecular formula is C15H17BrClFN2. The minimum Gasteiger partial charge on any atom is -0.265 e. The maximum Gasteiger partial charge on any atom is 0.129 e. The molecule has 108 valence electrons. The van der Waals surface area contributed by atoms with Crippen molar-refractivity contribution in [3.05, 3.63) is 51.0 Å². The molecule has 1 aromatic heterocycles. The van der Waals surface area contributed by atoms with E-state index < -0.39 is 0 Å². The van der Waals surface area contributed by atoms with Crippen LogP contribution < -0.4 is 0 Å². The highest BCUT2D eigenvalue weighted by atomic mass is 79.9. The monoisotopic (exact) mass is 358 g/mol. The molecule has 1 unspecified atom stereocenters. The number of rotatable bonds is 4. The average molecular weight is 360 g/mol. The van der Waals surface area contributed by atoms with Crippen LogP contribution in [0.15, 0.2) is 22.7 Å². The van der Waals surface area contributed by atoms with Crippen LogP contribution in [0.2, 0.25) is 0 Å². The van der Waals surface area contributed by atoms with Gasteiger partial charge in [0.2, 0.25) is 0 Å². The molecule has 0 aliphatic rings. The van der Waals surface area contributed by atoms with E-state index in [9.17, 15) is 4.39 Å². The van der Waals surface area contributed by atoms with Gasteiger partial charge in [-0.3, -0.25) is 4.68 Å². The number of alkyl halides is 1. The van der Waals surface area contributed by atoms with Gasteiger partial charge < -0.3 is 0 Å². The van der Waals surface area contributed by atoms with E-state index >= 15 is 0 Å². The van der Waals surface area contributed by atoms with Gasteiger partial charge >= 0.3 is 0 Å². The van der Waals surface area contributed by atoms with Crippen LogP contribution in [0.1, 0.15) is 41.2 Å². The van der Waals surface area contributed by atoms with Crippen LogP contribution in [-0.2, 0) is 6.54 Å². The second-order valence-electron chi connectivity index (χ2n) is 4.85. The molecule has 2 rings (SSSR count). The average Bonchev–Trinajstić information content (AvgIpc) is 2.67. The Bertz CT molecular complexity index is 625. The number of halogens is 3. The fraction of sp³-hybridized carbons (Fsp3) is 0.400. The Hall–Kier alpha value is -0.870. The van der Waals surface area contributed by atoms with Gasteiger partial charge in [-0.1, -0.05) is 28.9 Å². The first-order valence-corrected chi connectivity index (χ1v) is 7.78. The molecule has 0 amide bonds. The van der Waals surface area contributed by atoms with Gasteiger partial charge in [0.15, 0.2) is 0 Å². The van der Waals surface area contributed by atoms with Gasteiger partial charge in [0, 0.05) is 21.3 Å². The van der Waals surface area contributed by atoms with Gasteiger partial charge in [-0.05, 0) is 32.4 Å². The lowest BCUT2D eigenvalue weighted by Gasteiger charge is -2.09. The maximum absolute atomic E-state index is 13.9. The van der Waals surface area contributed by atoms with Crippen LogP contribution in [0, 0.1) is 19.7 Å². The number of hydrogen-bond acceptors (Lipinski definition) is 1. The van der Waals surface area contributed by atoms with E-state index in [0.29, 0.717) is 12.1 Å². The Labute approximate surface area is 132 Å². The predicted octanol–water partition coefficient (Wildman–Crippen LogP) is 5.14. The summed E-state index contributed by atoms with van der Waals surface area (Å²) in [7, 11) is 0. The van der Waals surface area contributed by atoms with Crippen molar-refractivity contribution in [1.29, 1.82) is 0 Å². The van der Waals surface area contributed by atoms with E-state index in [-0.39, 0.29) is 11.2 Å². The molecule has 0 spiro atoms. The molecule has 2 aromatic rings. The van der Waals surface area contributed by atoms with Gasteiger partial charge in [-0.2, -0.15) is 5.10 Å². The summed E-state index contributed by atoms with van der Waals surface area (Å²) in [4.78, 5) is 0. The first-order valence-electron chi connectivity index (χ1n) is 6.56. The van der Waals surface area contributed by atoms with Crippen LogP contribution in [-0.4, -0.2) is 9.78 Å². The van der Waals surface area contributed by atoms with Crippen molar-refractivity contribution in [1.82, 2.24) is 9.78 Å². The molecule has 2 nitrogen and oxygen atoms in total. The number of hydrogen-bond donors (Lipinski definition) is 0. The zero-order valence-corrected chi connectivity index (χ0v) is 14.1. The molecular weight excluding hydrogens is 343 g/mol. The van der Waals surface area contributed by atoms with Crippen molar-refractivity contribution in [2.24, 2.45) is 0 Å². The van der Waals surface area contributed by atoms with Crippen LogP contribution in [0.25, 0.3) is 0 Å². The predicted molar refractivity (Wildman–Crippen MR) is 83.8 cm³/mol. The third-order valence-corrected chi connectivity index (χ3v) is 4.46. The third kappa shape index (κ3) is 3.07. The lowest BCUT2D eigenvalue weighted by molar-refractivity contribution is 0.577. The zero-order valence-electron chi connectivity index (χ0n) is 11.8. The second kappa shape index (κ2) is 6.27. The van der Waals surface area contributed by atoms with Crippen LogP contribution in [0.3, 0.4) is 0 Å². The van der Waals surface area contributed by atoms with Crippen molar-refractivity contribution in [3.8, 4) is 0 Å². The highest BCUT2D eigenvalue weighted by Gasteiger charge is 2.18. The van der Waals surface area contributed by atoms with Crippen molar-refractivity contribution in [2.75, 3.05) is 0 Å². The molecule has 0 radical (unpaired) electrons. The highest BCUT2D eigenvalue weighted by Crippen LogP contribution is 2.30. The van der Waals surface area contributed by atoms with Gasteiger partial charge in [0.25, 0.3) is 0 Å². The molecule has 0 saturated carbocycles. The lowest BCUT2D eigenvalue weighted by atomic mass is 10.1. The van der Waals surface area contributed by atoms with Gasteiger partial charge in [-0.15, -0.1) is 11.6 Å². The molecule has 1 aromatic carbocycles. The smallest absolute Gasteiger partial charge is 0.129 e. The third-order valence-electron chi connectivity index (χ3n) is 3.44. The van der Waals surface area contributed by atoms with Crippen LogP contribution in [0.4, 0.5) is 4.39 Å². The topological polar surface area (TPSA) is 17.8 Å². The summed E-state index contributed by atoms with van der Waals surface area (Å²) in [6.45, 7) is 6.39. The summed E-state index contributed by atoms with van der Waals surface area (Å²) >= 11 is 9.60. The minimum absolute atomic E-state index is 0.0430. The van der Waals surface area contributed by atoms with Crippen molar-refractivity contribution >= 4 is 27.5 Å². The number of aromatic nitrogens is 2. The van der Waals surface area contributed by atoms with E-state index in [1.54, 1.807) is 6.07 Å². The molecule has 0 saturated heterocycles. The molecule has 0 aliphatic heterocycles. The standard InChI is InChI=1S/C15H17BrClFN2/c1-4-13(17)15-9(2)19-20(10(15)3)8-11-5-6-12(16)7-14(11)18/h5-7,13H,4,8H2,1-3H3.